The molecule has 0 bridgehead atoms. The molecule has 0 spiro atoms. The van der Waals surface area contributed by atoms with E-state index in [0.717, 1.165) is 11.3 Å². The van der Waals surface area contributed by atoms with Crippen molar-refractivity contribution in [2.75, 3.05) is 12.0 Å². The van der Waals surface area contributed by atoms with E-state index in [1.165, 1.54) is 0 Å². The molecule has 0 amide bonds. The fourth-order valence-corrected chi connectivity index (χ4v) is 2.38. The Balaban J connectivity index is 1.85. The largest absolute Gasteiger partial charge is 0.394 e. The van der Waals surface area contributed by atoms with E-state index in [4.69, 9.17) is 9.84 Å². The number of aliphatic hydroxyl groups excluding tert-OH is 3. The number of anilines is 1. The molecule has 2 aliphatic heterocycles. The van der Waals surface area contributed by atoms with Crippen molar-refractivity contribution in [1.82, 2.24) is 0 Å². The summed E-state index contributed by atoms with van der Waals surface area (Å²) in [6.07, 6.45) is -0.190. The molecule has 6 nitrogen and oxygen atoms in total. The van der Waals surface area contributed by atoms with Crippen LogP contribution in [-0.4, -0.2) is 52.1 Å². The van der Waals surface area contributed by atoms with E-state index in [9.17, 15) is 10.2 Å². The second kappa shape index (κ2) is 5.34. The molecule has 1 fully saturated rings. The van der Waals surface area contributed by atoms with Gasteiger partial charge in [0.15, 0.2) is 0 Å². The molecule has 2 aliphatic rings. The Kier molecular flexibility index (Phi) is 3.54. The van der Waals surface area contributed by atoms with Gasteiger partial charge in [0.1, 0.15) is 24.4 Å². The number of nitrogens with one attached hydrogen (secondary N) is 1. The predicted molar refractivity (Wildman–Crippen MR) is 74.3 cm³/mol. The molecule has 1 aromatic carbocycles. The van der Waals surface area contributed by atoms with Crippen LogP contribution in [0.2, 0.25) is 0 Å². The summed E-state index contributed by atoms with van der Waals surface area (Å²) in [5.74, 6) is 0. The second-order valence-corrected chi connectivity index (χ2v) is 4.83. The zero-order valence-electron chi connectivity index (χ0n) is 10.7. The lowest BCUT2D eigenvalue weighted by molar-refractivity contribution is -0.00991. The van der Waals surface area contributed by atoms with Crippen molar-refractivity contribution in [3.63, 3.8) is 0 Å². The Hall–Kier alpha value is -1.73. The molecule has 1 saturated heterocycles. The van der Waals surface area contributed by atoms with E-state index >= 15 is 0 Å². The highest BCUT2D eigenvalue weighted by Gasteiger charge is 2.44. The third-order valence-electron chi connectivity index (χ3n) is 3.53. The van der Waals surface area contributed by atoms with E-state index < -0.39 is 24.4 Å². The summed E-state index contributed by atoms with van der Waals surface area (Å²) in [4.78, 5) is 0. The molecule has 1 aromatic rings. The van der Waals surface area contributed by atoms with Crippen molar-refractivity contribution in [3.8, 4) is 0 Å². The minimum absolute atomic E-state index is 0.348. The molecular weight excluding hydrogens is 260 g/mol. The van der Waals surface area contributed by atoms with Gasteiger partial charge < -0.3 is 20.1 Å². The van der Waals surface area contributed by atoms with Gasteiger partial charge in [0.2, 0.25) is 0 Å². The van der Waals surface area contributed by atoms with Gasteiger partial charge in [-0.15, -0.1) is 0 Å². The van der Waals surface area contributed by atoms with Gasteiger partial charge >= 0.3 is 0 Å². The number of aliphatic hydroxyl groups is 3. The van der Waals surface area contributed by atoms with Crippen LogP contribution >= 0.6 is 0 Å². The summed E-state index contributed by atoms with van der Waals surface area (Å²) >= 11 is 0. The van der Waals surface area contributed by atoms with Crippen LogP contribution in [0.3, 0.4) is 0 Å². The highest BCUT2D eigenvalue weighted by atomic mass is 16.6. The van der Waals surface area contributed by atoms with Crippen molar-refractivity contribution in [1.29, 1.82) is 0 Å². The normalized spacial score (nSPS) is 32.2. The zero-order valence-corrected chi connectivity index (χ0v) is 10.7. The molecule has 106 valence electrons. The van der Waals surface area contributed by atoms with Crippen molar-refractivity contribution < 1.29 is 20.1 Å². The number of nitrogens with zero attached hydrogens (tertiary/aromatic N) is 1. The van der Waals surface area contributed by atoms with Gasteiger partial charge in [-0.3, -0.25) is 5.43 Å². The first-order valence-electron chi connectivity index (χ1n) is 6.44. The van der Waals surface area contributed by atoms with Crippen LogP contribution < -0.4 is 5.43 Å². The monoisotopic (exact) mass is 276 g/mol. The van der Waals surface area contributed by atoms with Crippen LogP contribution in [0.25, 0.3) is 6.08 Å². The fourth-order valence-electron chi connectivity index (χ4n) is 2.38. The van der Waals surface area contributed by atoms with Crippen LogP contribution in [0, 0.1) is 0 Å². The minimum atomic E-state index is -1.12. The van der Waals surface area contributed by atoms with Gasteiger partial charge in [-0.05, 0) is 17.7 Å². The predicted octanol–water partition coefficient (Wildman–Crippen LogP) is -0.0372. The maximum atomic E-state index is 9.99. The first kappa shape index (κ1) is 13.3. The summed E-state index contributed by atoms with van der Waals surface area (Å²) in [6.45, 7) is -0.348. The second-order valence-electron chi connectivity index (χ2n) is 4.83. The smallest absolute Gasteiger partial charge is 0.130 e. The molecule has 1 unspecified atom stereocenters. The van der Waals surface area contributed by atoms with Gasteiger partial charge in [-0.2, -0.15) is 5.10 Å². The van der Waals surface area contributed by atoms with Gasteiger partial charge in [0.05, 0.1) is 18.0 Å². The number of ether oxygens (including phenoxy) is 1. The molecule has 0 aromatic heterocycles. The van der Waals surface area contributed by atoms with Gasteiger partial charge in [0, 0.05) is 0 Å². The van der Waals surface area contributed by atoms with Crippen molar-refractivity contribution in [3.05, 3.63) is 35.9 Å². The van der Waals surface area contributed by atoms with Crippen molar-refractivity contribution in [2.24, 2.45) is 5.10 Å². The zero-order chi connectivity index (χ0) is 14.1. The van der Waals surface area contributed by atoms with E-state index in [-0.39, 0.29) is 6.61 Å². The van der Waals surface area contributed by atoms with Crippen molar-refractivity contribution >= 4 is 17.5 Å². The number of fused-ring (bicyclic) bond motifs is 1. The van der Waals surface area contributed by atoms with Gasteiger partial charge in [-0.1, -0.05) is 24.3 Å². The summed E-state index contributed by atoms with van der Waals surface area (Å²) in [7, 11) is 0. The summed E-state index contributed by atoms with van der Waals surface area (Å²) in [5, 5.41) is 33.1. The van der Waals surface area contributed by atoms with Gasteiger partial charge in [-0.25, -0.2) is 0 Å². The molecule has 4 N–H and O–H groups in total. The Morgan fingerprint density at radius 2 is 1.95 bits per heavy atom. The minimum Gasteiger partial charge on any atom is -0.394 e. The number of rotatable bonds is 2. The molecule has 20 heavy (non-hydrogen) atoms. The number of hydrazone groups is 1. The van der Waals surface area contributed by atoms with E-state index in [2.05, 4.69) is 10.5 Å². The number of para-hydroxylation sites is 1. The van der Waals surface area contributed by atoms with E-state index in [1.807, 2.05) is 30.3 Å². The Bertz CT molecular complexity index is 558. The summed E-state index contributed by atoms with van der Waals surface area (Å²) in [5.41, 5.74) is 5.21. The summed E-state index contributed by atoms with van der Waals surface area (Å²) < 4.78 is 5.46. The SMILES string of the molecule is OC[C@H]1OC(C2=NNc3ccccc3C=C2)[C@H](O)[C@@H]1O. The molecule has 6 heteroatoms. The number of hydrogen-bond donors (Lipinski definition) is 4. The topological polar surface area (TPSA) is 94.3 Å². The van der Waals surface area contributed by atoms with Crippen molar-refractivity contribution in [2.45, 2.75) is 24.4 Å². The molecule has 0 radical (unpaired) electrons. The Morgan fingerprint density at radius 1 is 1.15 bits per heavy atom. The quantitative estimate of drug-likeness (QED) is 0.608. The lowest BCUT2D eigenvalue weighted by Gasteiger charge is -2.14. The first-order valence-corrected chi connectivity index (χ1v) is 6.44. The van der Waals surface area contributed by atoms with Crippen LogP contribution in [0.15, 0.2) is 35.4 Å². The molecule has 2 heterocycles. The fraction of sp³-hybridized carbons (Fsp3) is 0.357. The van der Waals surface area contributed by atoms with Gasteiger partial charge in [0.25, 0.3) is 0 Å². The average Bonchev–Trinajstić information content (AvgIpc) is 2.67. The molecule has 0 saturated carbocycles. The van der Waals surface area contributed by atoms with E-state index in [0.29, 0.717) is 5.71 Å². The third-order valence-corrected chi connectivity index (χ3v) is 3.53. The first-order chi connectivity index (χ1) is 9.70. The third kappa shape index (κ3) is 2.23. The lowest BCUT2D eigenvalue weighted by Crippen LogP contribution is -2.36. The van der Waals surface area contributed by atoms with Crippen LogP contribution in [0.4, 0.5) is 5.69 Å². The number of hydrogen-bond acceptors (Lipinski definition) is 6. The van der Waals surface area contributed by atoms with Crippen LogP contribution in [0.1, 0.15) is 5.56 Å². The average molecular weight is 276 g/mol. The molecular formula is C14H16N2O4. The maximum Gasteiger partial charge on any atom is 0.130 e. The van der Waals surface area contributed by atoms with Crippen LogP contribution in [0.5, 0.6) is 0 Å². The van der Waals surface area contributed by atoms with E-state index in [1.54, 1.807) is 6.08 Å². The standard InChI is InChI=1S/C14H16N2O4/c17-7-11-12(18)13(19)14(20-11)10-6-5-8-3-1-2-4-9(8)15-16-10/h1-6,11-15,17-19H,7H2/t11-,12-,13-,14?/m1/s1. The summed E-state index contributed by atoms with van der Waals surface area (Å²) in [6, 6.07) is 7.65. The molecule has 4 atom stereocenters. The molecule has 0 aliphatic carbocycles. The highest BCUT2D eigenvalue weighted by Crippen LogP contribution is 2.25. The van der Waals surface area contributed by atoms with Crippen LogP contribution in [-0.2, 0) is 4.74 Å². The lowest BCUT2D eigenvalue weighted by atomic mass is 10.0. The number of benzene rings is 1. The molecule has 3 rings (SSSR count). The Labute approximate surface area is 116 Å². The Morgan fingerprint density at radius 3 is 2.70 bits per heavy atom. The maximum absolute atomic E-state index is 9.99. The highest BCUT2D eigenvalue weighted by molar-refractivity contribution is 6.04.